The second-order valence-corrected chi connectivity index (χ2v) is 5.12. The van der Waals surface area contributed by atoms with Crippen molar-refractivity contribution in [3.8, 4) is 0 Å². The van der Waals surface area contributed by atoms with Gasteiger partial charge in [-0.05, 0) is 18.2 Å². The Labute approximate surface area is 126 Å². The molecule has 0 unspecified atom stereocenters. The minimum absolute atomic E-state index is 0.291. The van der Waals surface area contributed by atoms with Crippen molar-refractivity contribution in [3.05, 3.63) is 72.4 Å². The van der Waals surface area contributed by atoms with Crippen LogP contribution in [0.5, 0.6) is 0 Å². The van der Waals surface area contributed by atoms with E-state index in [1.54, 1.807) is 30.5 Å². The van der Waals surface area contributed by atoms with Crippen LogP contribution in [0.4, 0.5) is 5.69 Å². The van der Waals surface area contributed by atoms with Gasteiger partial charge >= 0.3 is 0 Å². The number of carbonyl (C=O) groups is 2. The maximum atomic E-state index is 12.7. The minimum atomic E-state index is -0.309. The number of para-hydroxylation sites is 2. The molecule has 0 radical (unpaired) electrons. The van der Waals surface area contributed by atoms with E-state index in [0.29, 0.717) is 11.3 Å². The second kappa shape index (κ2) is 4.70. The lowest BCUT2D eigenvalue weighted by Gasteiger charge is -2.14. The lowest BCUT2D eigenvalue weighted by molar-refractivity contribution is -0.119. The number of nitrogens with zero attached hydrogens (tertiary/aromatic N) is 1. The molecule has 2 heterocycles. The predicted octanol–water partition coefficient (Wildman–Crippen LogP) is 3.12. The summed E-state index contributed by atoms with van der Waals surface area (Å²) in [6, 6.07) is 16.7. The summed E-state index contributed by atoms with van der Waals surface area (Å²) in [4.78, 5) is 29.3. The number of amides is 2. The third-order valence-corrected chi connectivity index (χ3v) is 3.82. The summed E-state index contributed by atoms with van der Waals surface area (Å²) >= 11 is 0. The van der Waals surface area contributed by atoms with E-state index >= 15 is 0 Å². The van der Waals surface area contributed by atoms with Crippen LogP contribution in [-0.2, 0) is 9.59 Å². The van der Waals surface area contributed by atoms with E-state index in [-0.39, 0.29) is 11.8 Å². The Morgan fingerprint density at radius 2 is 1.59 bits per heavy atom. The van der Waals surface area contributed by atoms with Gasteiger partial charge in [0.05, 0.1) is 11.3 Å². The quantitative estimate of drug-likeness (QED) is 0.737. The highest BCUT2D eigenvalue weighted by atomic mass is 16.2. The van der Waals surface area contributed by atoms with Crippen molar-refractivity contribution >= 4 is 34.0 Å². The average Bonchev–Trinajstić information content (AvgIpc) is 3.09. The SMILES string of the molecule is O=C1C=C(c2c[nH]c3ccccc23)C(=O)N1c1ccccc1. The van der Waals surface area contributed by atoms with Crippen LogP contribution in [0.2, 0.25) is 0 Å². The highest BCUT2D eigenvalue weighted by molar-refractivity contribution is 6.44. The number of fused-ring (bicyclic) bond motifs is 1. The summed E-state index contributed by atoms with van der Waals surface area (Å²) in [6.45, 7) is 0. The van der Waals surface area contributed by atoms with Crippen LogP contribution >= 0.6 is 0 Å². The molecule has 0 spiro atoms. The highest BCUT2D eigenvalue weighted by Crippen LogP contribution is 2.32. The fourth-order valence-corrected chi connectivity index (χ4v) is 2.78. The highest BCUT2D eigenvalue weighted by Gasteiger charge is 2.33. The summed E-state index contributed by atoms with van der Waals surface area (Å²) in [5, 5.41) is 0.935. The fraction of sp³-hybridized carbons (Fsp3) is 0. The van der Waals surface area contributed by atoms with Gasteiger partial charge in [-0.3, -0.25) is 9.59 Å². The molecule has 0 aliphatic carbocycles. The van der Waals surface area contributed by atoms with Crippen LogP contribution in [-0.4, -0.2) is 16.8 Å². The zero-order chi connectivity index (χ0) is 15.1. The van der Waals surface area contributed by atoms with E-state index in [9.17, 15) is 9.59 Å². The van der Waals surface area contributed by atoms with Gasteiger partial charge in [0.2, 0.25) is 0 Å². The van der Waals surface area contributed by atoms with Gasteiger partial charge in [-0.1, -0.05) is 36.4 Å². The van der Waals surface area contributed by atoms with E-state index in [4.69, 9.17) is 0 Å². The number of anilines is 1. The Bertz CT molecular complexity index is 922. The summed E-state index contributed by atoms with van der Waals surface area (Å²) in [6.07, 6.45) is 3.18. The predicted molar refractivity (Wildman–Crippen MR) is 85.2 cm³/mol. The molecule has 22 heavy (non-hydrogen) atoms. The van der Waals surface area contributed by atoms with Crippen LogP contribution in [0.15, 0.2) is 66.9 Å². The number of aromatic nitrogens is 1. The van der Waals surface area contributed by atoms with Gasteiger partial charge in [-0.2, -0.15) is 0 Å². The molecular formula is C18H12N2O2. The molecule has 2 aromatic carbocycles. The number of rotatable bonds is 2. The third kappa shape index (κ3) is 1.78. The molecular weight excluding hydrogens is 276 g/mol. The van der Waals surface area contributed by atoms with E-state index in [1.807, 2.05) is 30.3 Å². The smallest absolute Gasteiger partial charge is 0.266 e. The molecule has 3 aromatic rings. The normalized spacial score (nSPS) is 14.7. The van der Waals surface area contributed by atoms with Gasteiger partial charge < -0.3 is 4.98 Å². The standard InChI is InChI=1S/C18H12N2O2/c21-17-10-14(15-11-19-16-9-5-4-8-13(15)16)18(22)20(17)12-6-2-1-3-7-12/h1-11,19H. The van der Waals surface area contributed by atoms with Crippen molar-refractivity contribution in [2.75, 3.05) is 4.90 Å². The number of imide groups is 1. The monoisotopic (exact) mass is 288 g/mol. The zero-order valence-corrected chi connectivity index (χ0v) is 11.6. The first kappa shape index (κ1) is 12.6. The summed E-state index contributed by atoms with van der Waals surface area (Å²) in [5.74, 6) is -0.600. The fourth-order valence-electron chi connectivity index (χ4n) is 2.78. The van der Waals surface area contributed by atoms with Crippen molar-refractivity contribution < 1.29 is 9.59 Å². The number of nitrogens with one attached hydrogen (secondary N) is 1. The first-order valence-corrected chi connectivity index (χ1v) is 6.97. The molecule has 0 saturated carbocycles. The van der Waals surface area contributed by atoms with Gasteiger partial charge in [-0.25, -0.2) is 4.90 Å². The summed E-state index contributed by atoms with van der Waals surface area (Å²) in [5.41, 5.74) is 2.71. The molecule has 1 aliphatic heterocycles. The number of hydrogen-bond acceptors (Lipinski definition) is 2. The number of carbonyl (C=O) groups excluding carboxylic acids is 2. The average molecular weight is 288 g/mol. The topological polar surface area (TPSA) is 53.2 Å². The lowest BCUT2D eigenvalue weighted by atomic mass is 10.1. The molecule has 4 nitrogen and oxygen atoms in total. The third-order valence-electron chi connectivity index (χ3n) is 3.82. The van der Waals surface area contributed by atoms with Crippen LogP contribution < -0.4 is 4.90 Å². The number of H-pyrrole nitrogens is 1. The maximum absolute atomic E-state index is 12.7. The van der Waals surface area contributed by atoms with Crippen molar-refractivity contribution in [2.45, 2.75) is 0 Å². The minimum Gasteiger partial charge on any atom is -0.361 e. The Morgan fingerprint density at radius 1 is 0.864 bits per heavy atom. The molecule has 0 fully saturated rings. The first-order valence-electron chi connectivity index (χ1n) is 6.97. The van der Waals surface area contributed by atoms with Gasteiger partial charge in [0, 0.05) is 28.7 Å². The van der Waals surface area contributed by atoms with Crippen LogP contribution in [0.1, 0.15) is 5.56 Å². The van der Waals surface area contributed by atoms with Gasteiger partial charge in [0.15, 0.2) is 0 Å². The van der Waals surface area contributed by atoms with Crippen LogP contribution in [0.25, 0.3) is 16.5 Å². The van der Waals surface area contributed by atoms with Gasteiger partial charge in [0.1, 0.15) is 0 Å². The van der Waals surface area contributed by atoms with Gasteiger partial charge in [-0.15, -0.1) is 0 Å². The number of hydrogen-bond donors (Lipinski definition) is 1. The Morgan fingerprint density at radius 3 is 2.41 bits per heavy atom. The molecule has 2 amide bonds. The van der Waals surface area contributed by atoms with Crippen molar-refractivity contribution in [1.29, 1.82) is 0 Å². The van der Waals surface area contributed by atoms with E-state index in [0.717, 1.165) is 16.5 Å². The van der Waals surface area contributed by atoms with E-state index < -0.39 is 0 Å². The van der Waals surface area contributed by atoms with E-state index in [2.05, 4.69) is 4.98 Å². The molecule has 4 rings (SSSR count). The molecule has 1 aliphatic rings. The first-order chi connectivity index (χ1) is 10.8. The van der Waals surface area contributed by atoms with Crippen molar-refractivity contribution in [1.82, 2.24) is 4.98 Å². The largest absolute Gasteiger partial charge is 0.361 e. The zero-order valence-electron chi connectivity index (χ0n) is 11.6. The molecule has 4 heteroatoms. The number of benzene rings is 2. The molecule has 0 atom stereocenters. The lowest BCUT2D eigenvalue weighted by Crippen LogP contribution is -2.30. The molecule has 1 aromatic heterocycles. The van der Waals surface area contributed by atoms with Crippen molar-refractivity contribution in [2.24, 2.45) is 0 Å². The maximum Gasteiger partial charge on any atom is 0.266 e. The van der Waals surface area contributed by atoms with Crippen LogP contribution in [0.3, 0.4) is 0 Å². The van der Waals surface area contributed by atoms with Gasteiger partial charge in [0.25, 0.3) is 11.8 Å². The molecule has 1 N–H and O–H groups in total. The van der Waals surface area contributed by atoms with Crippen LogP contribution in [0, 0.1) is 0 Å². The Balaban J connectivity index is 1.80. The molecule has 0 bridgehead atoms. The Kier molecular flexibility index (Phi) is 2.69. The Hall–Kier alpha value is -3.14. The van der Waals surface area contributed by atoms with Crippen molar-refractivity contribution in [3.63, 3.8) is 0 Å². The van der Waals surface area contributed by atoms with E-state index in [1.165, 1.54) is 11.0 Å². The summed E-state index contributed by atoms with van der Waals surface area (Å²) < 4.78 is 0. The molecule has 0 saturated heterocycles. The molecule has 106 valence electrons. The second-order valence-electron chi connectivity index (χ2n) is 5.12. The summed E-state index contributed by atoms with van der Waals surface area (Å²) in [7, 11) is 0. The number of aromatic amines is 1.